The Labute approximate surface area is 114 Å². The van der Waals surface area contributed by atoms with Crippen LogP contribution in [0, 0.1) is 25.2 Å². The molecule has 19 heavy (non-hydrogen) atoms. The van der Waals surface area contributed by atoms with E-state index in [1.54, 1.807) is 0 Å². The van der Waals surface area contributed by atoms with Gasteiger partial charge in [-0.2, -0.15) is 5.26 Å². The number of benzene rings is 2. The summed E-state index contributed by atoms with van der Waals surface area (Å²) in [7, 11) is 0. The molecule has 0 bridgehead atoms. The lowest BCUT2D eigenvalue weighted by Crippen LogP contribution is -2.04. The topological polar surface area (TPSA) is 33.0 Å². The fourth-order valence-corrected chi connectivity index (χ4v) is 2.16. The van der Waals surface area contributed by atoms with Gasteiger partial charge in [0.25, 0.3) is 0 Å². The van der Waals surface area contributed by atoms with Gasteiger partial charge in [0.2, 0.25) is 0 Å². The summed E-state index contributed by atoms with van der Waals surface area (Å²) in [6.07, 6.45) is 0.889. The van der Waals surface area contributed by atoms with Crippen LogP contribution in [-0.4, -0.2) is 6.61 Å². The molecule has 2 rings (SSSR count). The lowest BCUT2D eigenvalue weighted by atomic mass is 10.1. The maximum atomic E-state index is 8.91. The summed E-state index contributed by atoms with van der Waals surface area (Å²) in [6, 6.07) is 16.2. The summed E-state index contributed by atoms with van der Waals surface area (Å²) in [6.45, 7) is 4.61. The Balaban J connectivity index is 2.02. The van der Waals surface area contributed by atoms with E-state index < -0.39 is 0 Å². The first-order valence-electron chi connectivity index (χ1n) is 6.39. The second-order valence-corrected chi connectivity index (χ2v) is 4.64. The van der Waals surface area contributed by atoms with Crippen LogP contribution in [0.1, 0.15) is 22.3 Å². The number of nitriles is 1. The Kier molecular flexibility index (Phi) is 4.20. The monoisotopic (exact) mass is 251 g/mol. The smallest absolute Gasteiger partial charge is 0.125 e. The van der Waals surface area contributed by atoms with Gasteiger partial charge in [-0.25, -0.2) is 0 Å². The highest BCUT2D eigenvalue weighted by Gasteiger charge is 2.06. The van der Waals surface area contributed by atoms with Gasteiger partial charge in [-0.3, -0.25) is 0 Å². The predicted octanol–water partition coefficient (Wildman–Crippen LogP) is 3.80. The quantitative estimate of drug-likeness (QED) is 0.828. The average Bonchev–Trinajstić information content (AvgIpc) is 2.42. The van der Waals surface area contributed by atoms with E-state index >= 15 is 0 Å². The van der Waals surface area contributed by atoms with Crippen molar-refractivity contribution in [1.29, 1.82) is 5.26 Å². The second kappa shape index (κ2) is 6.06. The lowest BCUT2D eigenvalue weighted by molar-refractivity contribution is 0.317. The first kappa shape index (κ1) is 13.2. The van der Waals surface area contributed by atoms with E-state index in [4.69, 9.17) is 10.00 Å². The molecule has 0 heterocycles. The summed E-state index contributed by atoms with van der Waals surface area (Å²) >= 11 is 0. The number of ether oxygens (including phenoxy) is 1. The maximum absolute atomic E-state index is 8.91. The van der Waals surface area contributed by atoms with Gasteiger partial charge in [0.1, 0.15) is 5.75 Å². The fourth-order valence-electron chi connectivity index (χ4n) is 2.16. The number of rotatable bonds is 4. The molecular formula is C17H17NO. The van der Waals surface area contributed by atoms with E-state index in [9.17, 15) is 0 Å². The Bertz CT molecular complexity index is 573. The Morgan fingerprint density at radius 2 is 1.68 bits per heavy atom. The van der Waals surface area contributed by atoms with Crippen LogP contribution in [0.5, 0.6) is 5.75 Å². The highest BCUT2D eigenvalue weighted by Crippen LogP contribution is 2.24. The van der Waals surface area contributed by atoms with Crippen molar-refractivity contribution in [3.63, 3.8) is 0 Å². The number of aryl methyl sites for hydroxylation is 2. The van der Waals surface area contributed by atoms with Crippen molar-refractivity contribution in [1.82, 2.24) is 0 Å². The van der Waals surface area contributed by atoms with Crippen molar-refractivity contribution >= 4 is 0 Å². The first-order chi connectivity index (χ1) is 9.20. The van der Waals surface area contributed by atoms with Gasteiger partial charge in [-0.15, -0.1) is 0 Å². The molecule has 0 radical (unpaired) electrons. The van der Waals surface area contributed by atoms with Crippen LogP contribution in [0.25, 0.3) is 0 Å². The van der Waals surface area contributed by atoms with Gasteiger partial charge in [-0.05, 0) is 42.7 Å². The number of hydrogen-bond acceptors (Lipinski definition) is 2. The van der Waals surface area contributed by atoms with E-state index in [0.717, 1.165) is 23.3 Å². The van der Waals surface area contributed by atoms with Crippen LogP contribution in [0.15, 0.2) is 42.5 Å². The average molecular weight is 251 g/mol. The molecule has 0 aliphatic rings. The van der Waals surface area contributed by atoms with Crippen molar-refractivity contribution in [3.8, 4) is 11.8 Å². The Hall–Kier alpha value is -2.27. The van der Waals surface area contributed by atoms with Gasteiger partial charge < -0.3 is 4.74 Å². The van der Waals surface area contributed by atoms with Crippen LogP contribution in [0.3, 0.4) is 0 Å². The van der Waals surface area contributed by atoms with E-state index in [0.29, 0.717) is 12.2 Å². The van der Waals surface area contributed by atoms with Crippen LogP contribution in [0.4, 0.5) is 0 Å². The maximum Gasteiger partial charge on any atom is 0.125 e. The second-order valence-electron chi connectivity index (χ2n) is 4.64. The van der Waals surface area contributed by atoms with Gasteiger partial charge in [0.15, 0.2) is 0 Å². The van der Waals surface area contributed by atoms with E-state index in [1.807, 2.05) is 44.2 Å². The van der Waals surface area contributed by atoms with Gasteiger partial charge >= 0.3 is 0 Å². The van der Waals surface area contributed by atoms with Crippen LogP contribution in [0.2, 0.25) is 0 Å². The van der Waals surface area contributed by atoms with Crippen molar-refractivity contribution in [3.05, 3.63) is 64.7 Å². The molecule has 0 saturated carbocycles. The Morgan fingerprint density at radius 1 is 1.05 bits per heavy atom. The molecule has 2 aromatic carbocycles. The van der Waals surface area contributed by atoms with E-state index in [1.165, 1.54) is 5.56 Å². The summed E-state index contributed by atoms with van der Waals surface area (Å²) in [4.78, 5) is 0. The van der Waals surface area contributed by atoms with Crippen molar-refractivity contribution in [2.45, 2.75) is 20.3 Å². The molecule has 0 fully saturated rings. The Morgan fingerprint density at radius 3 is 2.26 bits per heavy atom. The normalized spacial score (nSPS) is 9.95. The number of hydrogen-bond donors (Lipinski definition) is 0. The molecule has 0 amide bonds. The van der Waals surface area contributed by atoms with Gasteiger partial charge in [0.05, 0.1) is 18.2 Å². The van der Waals surface area contributed by atoms with Crippen LogP contribution < -0.4 is 4.74 Å². The first-order valence-corrected chi connectivity index (χ1v) is 6.39. The zero-order valence-electron chi connectivity index (χ0n) is 11.3. The molecule has 2 aromatic rings. The summed E-state index contributed by atoms with van der Waals surface area (Å²) < 4.78 is 5.86. The summed E-state index contributed by atoms with van der Waals surface area (Å²) in [5.41, 5.74) is 3.99. The molecule has 0 spiro atoms. The molecule has 0 aliphatic heterocycles. The molecule has 0 saturated heterocycles. The van der Waals surface area contributed by atoms with Crippen LogP contribution in [-0.2, 0) is 6.42 Å². The molecule has 0 N–H and O–H groups in total. The summed E-state index contributed by atoms with van der Waals surface area (Å²) in [5, 5.41) is 8.91. The molecule has 0 unspecified atom stereocenters. The zero-order chi connectivity index (χ0) is 13.7. The van der Waals surface area contributed by atoms with E-state index in [-0.39, 0.29) is 0 Å². The SMILES string of the molecule is Cc1cc(C#N)cc(C)c1OCCc1ccccc1. The van der Waals surface area contributed by atoms with Gasteiger partial charge in [-0.1, -0.05) is 30.3 Å². The lowest BCUT2D eigenvalue weighted by Gasteiger charge is -2.12. The zero-order valence-corrected chi connectivity index (χ0v) is 11.3. The highest BCUT2D eigenvalue weighted by atomic mass is 16.5. The largest absolute Gasteiger partial charge is 0.493 e. The third-order valence-electron chi connectivity index (χ3n) is 3.07. The minimum Gasteiger partial charge on any atom is -0.493 e. The molecule has 2 heteroatoms. The molecule has 0 aromatic heterocycles. The standard InChI is InChI=1S/C17H17NO/c1-13-10-16(12-18)11-14(2)17(13)19-9-8-15-6-4-3-5-7-15/h3-7,10-11H,8-9H2,1-2H3. The molecular weight excluding hydrogens is 234 g/mol. The highest BCUT2D eigenvalue weighted by molar-refractivity contribution is 5.47. The van der Waals surface area contributed by atoms with Crippen molar-refractivity contribution in [2.75, 3.05) is 6.61 Å². The van der Waals surface area contributed by atoms with Gasteiger partial charge in [0, 0.05) is 6.42 Å². The number of nitrogens with zero attached hydrogens (tertiary/aromatic N) is 1. The minimum absolute atomic E-state index is 0.650. The minimum atomic E-state index is 0.650. The molecule has 0 atom stereocenters. The summed E-state index contributed by atoms with van der Waals surface area (Å²) in [5.74, 6) is 0.898. The third kappa shape index (κ3) is 3.35. The van der Waals surface area contributed by atoms with E-state index in [2.05, 4.69) is 18.2 Å². The molecule has 0 aliphatic carbocycles. The third-order valence-corrected chi connectivity index (χ3v) is 3.07. The predicted molar refractivity (Wildman–Crippen MR) is 76.3 cm³/mol. The molecule has 2 nitrogen and oxygen atoms in total. The fraction of sp³-hybridized carbons (Fsp3) is 0.235. The van der Waals surface area contributed by atoms with Crippen molar-refractivity contribution in [2.24, 2.45) is 0 Å². The van der Waals surface area contributed by atoms with Crippen molar-refractivity contribution < 1.29 is 4.74 Å². The molecule has 96 valence electrons. The van der Waals surface area contributed by atoms with Crippen LogP contribution >= 0.6 is 0 Å².